The Hall–Kier alpha value is -1.76. The summed E-state index contributed by atoms with van der Waals surface area (Å²) >= 11 is 0. The van der Waals surface area contributed by atoms with Crippen LogP contribution in [0.15, 0.2) is 24.3 Å². The van der Waals surface area contributed by atoms with Crippen molar-refractivity contribution in [3.8, 4) is 5.75 Å². The SMILES string of the molecule is CNC(C)c1cccc(OCC(=O)NCC(F)(F)F)c1. The van der Waals surface area contributed by atoms with Gasteiger partial charge in [-0.2, -0.15) is 13.2 Å². The second-order valence-corrected chi connectivity index (χ2v) is 4.26. The average molecular weight is 290 g/mol. The summed E-state index contributed by atoms with van der Waals surface area (Å²) in [6.07, 6.45) is -4.42. The first-order valence-corrected chi connectivity index (χ1v) is 6.05. The van der Waals surface area contributed by atoms with Crippen molar-refractivity contribution < 1.29 is 22.7 Å². The van der Waals surface area contributed by atoms with Crippen molar-refractivity contribution in [2.45, 2.75) is 19.1 Å². The van der Waals surface area contributed by atoms with Crippen LogP contribution in [0.2, 0.25) is 0 Å². The molecule has 20 heavy (non-hydrogen) atoms. The number of benzene rings is 1. The molecule has 0 aliphatic rings. The molecule has 0 saturated carbocycles. The first-order chi connectivity index (χ1) is 9.31. The van der Waals surface area contributed by atoms with E-state index in [1.807, 2.05) is 20.0 Å². The van der Waals surface area contributed by atoms with Gasteiger partial charge >= 0.3 is 6.18 Å². The van der Waals surface area contributed by atoms with Gasteiger partial charge in [-0.05, 0) is 31.7 Å². The molecular weight excluding hydrogens is 273 g/mol. The number of carbonyl (C=O) groups excluding carboxylic acids is 1. The van der Waals surface area contributed by atoms with Gasteiger partial charge in [0, 0.05) is 6.04 Å². The van der Waals surface area contributed by atoms with E-state index in [0.717, 1.165) is 5.56 Å². The Morgan fingerprint density at radius 2 is 2.10 bits per heavy atom. The third kappa shape index (κ3) is 5.92. The maximum absolute atomic E-state index is 11.9. The van der Waals surface area contributed by atoms with E-state index >= 15 is 0 Å². The fourth-order valence-corrected chi connectivity index (χ4v) is 1.44. The van der Waals surface area contributed by atoms with Crippen LogP contribution < -0.4 is 15.4 Å². The number of alkyl halides is 3. The number of carbonyl (C=O) groups is 1. The van der Waals surface area contributed by atoms with Gasteiger partial charge < -0.3 is 15.4 Å². The number of nitrogens with one attached hydrogen (secondary N) is 2. The van der Waals surface area contributed by atoms with Crippen molar-refractivity contribution in [1.29, 1.82) is 0 Å². The molecule has 1 atom stereocenters. The molecule has 0 fully saturated rings. The Bertz CT molecular complexity index is 449. The molecule has 0 radical (unpaired) electrons. The third-order valence-corrected chi connectivity index (χ3v) is 2.65. The number of hydrogen-bond donors (Lipinski definition) is 2. The van der Waals surface area contributed by atoms with Gasteiger partial charge in [-0.15, -0.1) is 0 Å². The highest BCUT2D eigenvalue weighted by molar-refractivity contribution is 5.77. The Balaban J connectivity index is 2.47. The van der Waals surface area contributed by atoms with E-state index in [2.05, 4.69) is 5.32 Å². The van der Waals surface area contributed by atoms with Gasteiger partial charge in [0.05, 0.1) is 0 Å². The van der Waals surface area contributed by atoms with Crippen LogP contribution in [0.25, 0.3) is 0 Å². The first-order valence-electron chi connectivity index (χ1n) is 6.05. The van der Waals surface area contributed by atoms with E-state index in [1.54, 1.807) is 23.5 Å². The minimum absolute atomic E-state index is 0.109. The summed E-state index contributed by atoms with van der Waals surface area (Å²) in [7, 11) is 1.81. The smallest absolute Gasteiger partial charge is 0.405 e. The maximum atomic E-state index is 11.9. The van der Waals surface area contributed by atoms with Crippen LogP contribution in [0.5, 0.6) is 5.75 Å². The second-order valence-electron chi connectivity index (χ2n) is 4.26. The second kappa shape index (κ2) is 7.14. The Morgan fingerprint density at radius 1 is 1.40 bits per heavy atom. The lowest BCUT2D eigenvalue weighted by Crippen LogP contribution is -2.36. The molecule has 1 unspecified atom stereocenters. The number of rotatable bonds is 6. The monoisotopic (exact) mass is 290 g/mol. The lowest BCUT2D eigenvalue weighted by molar-refractivity contribution is -0.139. The van der Waals surface area contributed by atoms with Crippen molar-refractivity contribution in [1.82, 2.24) is 10.6 Å². The largest absolute Gasteiger partial charge is 0.484 e. The van der Waals surface area contributed by atoms with Crippen LogP contribution >= 0.6 is 0 Å². The molecule has 0 saturated heterocycles. The molecule has 1 aromatic rings. The molecule has 0 spiro atoms. The predicted molar refractivity (Wildman–Crippen MR) is 68.5 cm³/mol. The van der Waals surface area contributed by atoms with E-state index in [-0.39, 0.29) is 6.04 Å². The molecule has 0 aliphatic heterocycles. The van der Waals surface area contributed by atoms with E-state index in [0.29, 0.717) is 5.75 Å². The quantitative estimate of drug-likeness (QED) is 0.843. The molecule has 0 heterocycles. The molecule has 2 N–H and O–H groups in total. The molecule has 1 rings (SSSR count). The molecule has 1 amide bonds. The number of amides is 1. The highest BCUT2D eigenvalue weighted by Crippen LogP contribution is 2.18. The molecule has 0 aromatic heterocycles. The van der Waals surface area contributed by atoms with Gasteiger partial charge in [0.2, 0.25) is 0 Å². The molecule has 4 nitrogen and oxygen atoms in total. The van der Waals surface area contributed by atoms with E-state index in [9.17, 15) is 18.0 Å². The van der Waals surface area contributed by atoms with Crippen molar-refractivity contribution in [3.05, 3.63) is 29.8 Å². The summed E-state index contributed by atoms with van der Waals surface area (Å²) in [5, 5.41) is 4.79. The van der Waals surface area contributed by atoms with Crippen molar-refractivity contribution >= 4 is 5.91 Å². The summed E-state index contributed by atoms with van der Waals surface area (Å²) in [5.74, 6) is -0.374. The fourth-order valence-electron chi connectivity index (χ4n) is 1.44. The molecule has 112 valence electrons. The molecular formula is C13H17F3N2O2. The number of halogens is 3. The molecule has 0 aliphatic carbocycles. The van der Waals surface area contributed by atoms with Crippen LogP contribution in [-0.4, -0.2) is 32.3 Å². The highest BCUT2D eigenvalue weighted by atomic mass is 19.4. The van der Waals surface area contributed by atoms with Crippen LogP contribution in [0.1, 0.15) is 18.5 Å². The predicted octanol–water partition coefficient (Wildman–Crippen LogP) is 2.02. The van der Waals surface area contributed by atoms with Gasteiger partial charge in [-0.1, -0.05) is 12.1 Å². The Labute approximate surface area is 115 Å². The zero-order chi connectivity index (χ0) is 15.2. The van der Waals surface area contributed by atoms with E-state index in [1.165, 1.54) is 0 Å². The zero-order valence-electron chi connectivity index (χ0n) is 11.3. The van der Waals surface area contributed by atoms with Crippen LogP contribution in [0.3, 0.4) is 0 Å². The van der Waals surface area contributed by atoms with Gasteiger partial charge in [-0.3, -0.25) is 4.79 Å². The lowest BCUT2D eigenvalue weighted by Gasteiger charge is -2.13. The minimum atomic E-state index is -4.42. The first kappa shape index (κ1) is 16.3. The molecule has 1 aromatic carbocycles. The van der Waals surface area contributed by atoms with Crippen LogP contribution in [-0.2, 0) is 4.79 Å². The van der Waals surface area contributed by atoms with Gasteiger partial charge in [0.15, 0.2) is 6.61 Å². The fraction of sp³-hybridized carbons (Fsp3) is 0.462. The zero-order valence-corrected chi connectivity index (χ0v) is 11.3. The van der Waals surface area contributed by atoms with Crippen molar-refractivity contribution in [2.75, 3.05) is 20.2 Å². The molecule has 0 bridgehead atoms. The summed E-state index contributed by atoms with van der Waals surface area (Å²) in [6, 6.07) is 7.13. The Kier molecular flexibility index (Phi) is 5.82. The van der Waals surface area contributed by atoms with E-state index < -0.39 is 25.2 Å². The van der Waals surface area contributed by atoms with Gasteiger partial charge in [-0.25, -0.2) is 0 Å². The standard InChI is InChI=1S/C13H17F3N2O2/c1-9(17-2)10-4-3-5-11(6-10)20-7-12(19)18-8-13(14,15)16/h3-6,9,17H,7-8H2,1-2H3,(H,18,19). The molecule has 7 heteroatoms. The van der Waals surface area contributed by atoms with Gasteiger partial charge in [0.1, 0.15) is 12.3 Å². The summed E-state index contributed by atoms with van der Waals surface area (Å²) in [5.41, 5.74) is 0.959. The van der Waals surface area contributed by atoms with Crippen LogP contribution in [0, 0.1) is 0 Å². The minimum Gasteiger partial charge on any atom is -0.484 e. The maximum Gasteiger partial charge on any atom is 0.405 e. The summed E-state index contributed by atoms with van der Waals surface area (Å²) in [4.78, 5) is 11.2. The topological polar surface area (TPSA) is 50.4 Å². The van der Waals surface area contributed by atoms with Gasteiger partial charge in [0.25, 0.3) is 5.91 Å². The van der Waals surface area contributed by atoms with Crippen molar-refractivity contribution in [3.63, 3.8) is 0 Å². The average Bonchev–Trinajstić information content (AvgIpc) is 2.41. The van der Waals surface area contributed by atoms with E-state index in [4.69, 9.17) is 4.74 Å². The Morgan fingerprint density at radius 3 is 2.70 bits per heavy atom. The van der Waals surface area contributed by atoms with Crippen molar-refractivity contribution in [2.24, 2.45) is 0 Å². The normalized spacial score (nSPS) is 12.8. The highest BCUT2D eigenvalue weighted by Gasteiger charge is 2.27. The third-order valence-electron chi connectivity index (χ3n) is 2.65. The number of hydrogen-bond acceptors (Lipinski definition) is 3. The van der Waals surface area contributed by atoms with Crippen LogP contribution in [0.4, 0.5) is 13.2 Å². The summed E-state index contributed by atoms with van der Waals surface area (Å²) < 4.78 is 40.9. The number of ether oxygens (including phenoxy) is 1. The summed E-state index contributed by atoms with van der Waals surface area (Å²) in [6.45, 7) is 0.147. The lowest BCUT2D eigenvalue weighted by atomic mass is 10.1.